The molecule has 0 radical (unpaired) electrons. The average Bonchev–Trinajstić information content (AvgIpc) is 2.44. The SMILES string of the molecule is CCOC1CC(Nc2ccc(C#N)cc2OC)C12CCC2. The number of ether oxygens (including phenoxy) is 2. The summed E-state index contributed by atoms with van der Waals surface area (Å²) in [7, 11) is 1.64. The average molecular weight is 286 g/mol. The van der Waals surface area contributed by atoms with Gasteiger partial charge in [0.15, 0.2) is 0 Å². The molecule has 1 aromatic carbocycles. The zero-order valence-corrected chi connectivity index (χ0v) is 12.7. The summed E-state index contributed by atoms with van der Waals surface area (Å²) in [6.07, 6.45) is 5.24. The molecule has 2 saturated carbocycles. The van der Waals surface area contributed by atoms with Crippen LogP contribution in [0.4, 0.5) is 5.69 Å². The van der Waals surface area contributed by atoms with Gasteiger partial charge in [-0.3, -0.25) is 0 Å². The Labute approximate surface area is 126 Å². The van der Waals surface area contributed by atoms with E-state index >= 15 is 0 Å². The van der Waals surface area contributed by atoms with Crippen molar-refractivity contribution in [1.82, 2.24) is 0 Å². The van der Waals surface area contributed by atoms with Gasteiger partial charge >= 0.3 is 0 Å². The first-order valence-electron chi connectivity index (χ1n) is 7.70. The Morgan fingerprint density at radius 1 is 1.43 bits per heavy atom. The van der Waals surface area contributed by atoms with Gasteiger partial charge in [0.1, 0.15) is 5.75 Å². The summed E-state index contributed by atoms with van der Waals surface area (Å²) in [6, 6.07) is 8.15. The number of nitriles is 1. The standard InChI is InChI=1S/C17H22N2O2/c1-3-21-16-10-15(17(16)7-4-8-17)19-13-6-5-12(11-18)9-14(13)20-2/h5-6,9,15-16,19H,3-4,7-8,10H2,1-2H3. The maximum Gasteiger partial charge on any atom is 0.143 e. The van der Waals surface area contributed by atoms with E-state index < -0.39 is 0 Å². The second-order valence-electron chi connectivity index (χ2n) is 5.99. The van der Waals surface area contributed by atoms with Crippen molar-refractivity contribution >= 4 is 5.69 Å². The van der Waals surface area contributed by atoms with Gasteiger partial charge in [-0.15, -0.1) is 0 Å². The number of hydrogen-bond donors (Lipinski definition) is 1. The van der Waals surface area contributed by atoms with E-state index in [1.54, 1.807) is 13.2 Å². The third kappa shape index (κ3) is 2.26. The Kier molecular flexibility index (Phi) is 3.77. The maximum atomic E-state index is 8.97. The first kappa shape index (κ1) is 14.2. The molecule has 2 unspecified atom stereocenters. The van der Waals surface area contributed by atoms with Crippen molar-refractivity contribution in [3.05, 3.63) is 23.8 Å². The van der Waals surface area contributed by atoms with Crippen LogP contribution in [0.1, 0.15) is 38.2 Å². The van der Waals surface area contributed by atoms with Crippen LogP contribution in [0, 0.1) is 16.7 Å². The van der Waals surface area contributed by atoms with Crippen molar-refractivity contribution in [3.8, 4) is 11.8 Å². The summed E-state index contributed by atoms with van der Waals surface area (Å²) in [4.78, 5) is 0. The van der Waals surface area contributed by atoms with Crippen LogP contribution in [-0.4, -0.2) is 25.9 Å². The van der Waals surface area contributed by atoms with Gasteiger partial charge in [-0.2, -0.15) is 5.26 Å². The van der Waals surface area contributed by atoms with Gasteiger partial charge in [-0.1, -0.05) is 6.42 Å². The first-order chi connectivity index (χ1) is 10.2. The minimum Gasteiger partial charge on any atom is -0.495 e. The summed E-state index contributed by atoms with van der Waals surface area (Å²) in [6.45, 7) is 2.86. The molecule has 4 heteroatoms. The van der Waals surface area contributed by atoms with Crippen LogP contribution < -0.4 is 10.1 Å². The highest BCUT2D eigenvalue weighted by molar-refractivity contribution is 5.60. The zero-order chi connectivity index (χ0) is 14.9. The van der Waals surface area contributed by atoms with Crippen molar-refractivity contribution < 1.29 is 9.47 Å². The predicted octanol–water partition coefficient (Wildman–Crippen LogP) is 3.33. The van der Waals surface area contributed by atoms with Crippen molar-refractivity contribution in [2.24, 2.45) is 5.41 Å². The van der Waals surface area contributed by atoms with E-state index in [1.807, 2.05) is 12.1 Å². The zero-order valence-electron chi connectivity index (χ0n) is 12.7. The highest BCUT2D eigenvalue weighted by atomic mass is 16.5. The van der Waals surface area contributed by atoms with E-state index in [2.05, 4.69) is 18.3 Å². The Morgan fingerprint density at radius 3 is 2.81 bits per heavy atom. The molecule has 2 aliphatic carbocycles. The van der Waals surface area contributed by atoms with E-state index in [4.69, 9.17) is 14.7 Å². The van der Waals surface area contributed by atoms with Gasteiger partial charge in [0.2, 0.25) is 0 Å². The van der Waals surface area contributed by atoms with Crippen LogP contribution >= 0.6 is 0 Å². The van der Waals surface area contributed by atoms with E-state index in [0.717, 1.165) is 24.5 Å². The number of rotatable bonds is 5. The van der Waals surface area contributed by atoms with Crippen LogP contribution in [0.25, 0.3) is 0 Å². The molecule has 2 atom stereocenters. The van der Waals surface area contributed by atoms with Crippen molar-refractivity contribution in [2.75, 3.05) is 19.0 Å². The summed E-state index contributed by atoms with van der Waals surface area (Å²) in [5, 5.41) is 12.6. The Bertz CT molecular complexity index is 560. The highest BCUT2D eigenvalue weighted by Gasteiger charge is 2.59. The number of anilines is 1. The van der Waals surface area contributed by atoms with Crippen LogP contribution in [0.3, 0.4) is 0 Å². The third-order valence-corrected chi connectivity index (χ3v) is 5.10. The fraction of sp³-hybridized carbons (Fsp3) is 0.588. The normalized spacial score (nSPS) is 25.6. The van der Waals surface area contributed by atoms with Gasteiger partial charge in [-0.05, 0) is 38.3 Å². The summed E-state index contributed by atoms with van der Waals surface area (Å²) < 4.78 is 11.3. The lowest BCUT2D eigenvalue weighted by molar-refractivity contribution is -0.157. The van der Waals surface area contributed by atoms with Crippen LogP contribution in [0.2, 0.25) is 0 Å². The molecule has 2 aliphatic rings. The molecule has 21 heavy (non-hydrogen) atoms. The smallest absolute Gasteiger partial charge is 0.143 e. The van der Waals surface area contributed by atoms with E-state index in [1.165, 1.54) is 19.3 Å². The molecular formula is C17H22N2O2. The molecule has 1 aromatic rings. The molecule has 112 valence electrons. The number of benzene rings is 1. The largest absolute Gasteiger partial charge is 0.495 e. The minimum absolute atomic E-state index is 0.314. The maximum absolute atomic E-state index is 8.97. The highest BCUT2D eigenvalue weighted by Crippen LogP contribution is 2.58. The fourth-order valence-corrected chi connectivity index (χ4v) is 3.71. The molecule has 0 aliphatic heterocycles. The number of nitrogens with zero attached hydrogens (tertiary/aromatic N) is 1. The molecule has 0 aromatic heterocycles. The molecule has 4 nitrogen and oxygen atoms in total. The molecule has 0 saturated heterocycles. The number of methoxy groups -OCH3 is 1. The van der Waals surface area contributed by atoms with Gasteiger partial charge in [0.25, 0.3) is 0 Å². The van der Waals surface area contributed by atoms with Gasteiger partial charge in [-0.25, -0.2) is 0 Å². The number of hydrogen-bond acceptors (Lipinski definition) is 4. The quantitative estimate of drug-likeness (QED) is 0.902. The molecule has 0 amide bonds. The van der Waals surface area contributed by atoms with E-state index in [-0.39, 0.29) is 0 Å². The molecular weight excluding hydrogens is 264 g/mol. The lowest BCUT2D eigenvalue weighted by Crippen LogP contribution is -2.64. The molecule has 2 fully saturated rings. The summed E-state index contributed by atoms with van der Waals surface area (Å²) >= 11 is 0. The van der Waals surface area contributed by atoms with Crippen molar-refractivity contribution in [3.63, 3.8) is 0 Å². The molecule has 3 rings (SSSR count). The Morgan fingerprint density at radius 2 is 2.24 bits per heavy atom. The fourth-order valence-electron chi connectivity index (χ4n) is 3.71. The topological polar surface area (TPSA) is 54.3 Å². The minimum atomic E-state index is 0.314. The Hall–Kier alpha value is -1.73. The molecule has 1 spiro atoms. The van der Waals surface area contributed by atoms with Crippen molar-refractivity contribution in [1.29, 1.82) is 5.26 Å². The summed E-state index contributed by atoms with van der Waals surface area (Å²) in [5.41, 5.74) is 1.91. The van der Waals surface area contributed by atoms with Gasteiger partial charge in [0.05, 0.1) is 30.5 Å². The molecule has 0 bridgehead atoms. The van der Waals surface area contributed by atoms with Crippen LogP contribution in [-0.2, 0) is 4.74 Å². The second-order valence-corrected chi connectivity index (χ2v) is 5.99. The van der Waals surface area contributed by atoms with Gasteiger partial charge in [0, 0.05) is 24.1 Å². The second kappa shape index (κ2) is 5.57. The molecule has 0 heterocycles. The Balaban J connectivity index is 1.74. The third-order valence-electron chi connectivity index (χ3n) is 5.10. The number of nitrogens with one attached hydrogen (secondary N) is 1. The predicted molar refractivity (Wildman–Crippen MR) is 81.4 cm³/mol. The van der Waals surface area contributed by atoms with Crippen molar-refractivity contribution in [2.45, 2.75) is 44.8 Å². The van der Waals surface area contributed by atoms with E-state index in [9.17, 15) is 0 Å². The first-order valence-corrected chi connectivity index (χ1v) is 7.70. The molecule has 1 N–H and O–H groups in total. The van der Waals surface area contributed by atoms with Gasteiger partial charge < -0.3 is 14.8 Å². The van der Waals surface area contributed by atoms with Crippen LogP contribution in [0.15, 0.2) is 18.2 Å². The lowest BCUT2D eigenvalue weighted by atomic mass is 9.51. The monoisotopic (exact) mass is 286 g/mol. The summed E-state index contributed by atoms with van der Waals surface area (Å²) in [5.74, 6) is 0.739. The van der Waals surface area contributed by atoms with E-state index in [0.29, 0.717) is 23.1 Å². The van der Waals surface area contributed by atoms with Crippen LogP contribution in [0.5, 0.6) is 5.75 Å². The lowest BCUT2D eigenvalue weighted by Gasteiger charge is -2.61.